The molecule has 5 rings (SSSR count). The number of piperazine rings is 1. The molecule has 0 bridgehead atoms. The SMILES string of the molecule is Cc1sc2nc(Cc3ccccc3)nc(N3CCN(C(=O)Nc4ccc(C(C)C)cc4)CC3)c2c1C. The van der Waals surface area contributed by atoms with Crippen LogP contribution in [0.5, 0.6) is 0 Å². The molecule has 4 aromatic rings. The number of aromatic nitrogens is 2. The van der Waals surface area contributed by atoms with Gasteiger partial charge in [-0.25, -0.2) is 14.8 Å². The van der Waals surface area contributed by atoms with Crippen molar-refractivity contribution in [1.82, 2.24) is 14.9 Å². The quantitative estimate of drug-likeness (QED) is 0.346. The van der Waals surface area contributed by atoms with Gasteiger partial charge in [0.15, 0.2) is 0 Å². The van der Waals surface area contributed by atoms with Gasteiger partial charge in [-0.2, -0.15) is 0 Å². The summed E-state index contributed by atoms with van der Waals surface area (Å²) >= 11 is 1.74. The number of benzene rings is 2. The van der Waals surface area contributed by atoms with E-state index >= 15 is 0 Å². The minimum Gasteiger partial charge on any atom is -0.352 e. The summed E-state index contributed by atoms with van der Waals surface area (Å²) in [4.78, 5) is 29.4. The molecule has 1 fully saturated rings. The van der Waals surface area contributed by atoms with E-state index in [1.807, 2.05) is 23.1 Å². The van der Waals surface area contributed by atoms with Crippen LogP contribution in [0.2, 0.25) is 0 Å². The van der Waals surface area contributed by atoms with Crippen LogP contribution in [0.3, 0.4) is 0 Å². The number of hydrogen-bond donors (Lipinski definition) is 1. The van der Waals surface area contributed by atoms with Gasteiger partial charge in [0.2, 0.25) is 0 Å². The monoisotopic (exact) mass is 499 g/mol. The second kappa shape index (κ2) is 10.3. The Kier molecular flexibility index (Phi) is 6.92. The minimum atomic E-state index is -0.0490. The summed E-state index contributed by atoms with van der Waals surface area (Å²) in [6, 6.07) is 18.4. The highest BCUT2D eigenvalue weighted by Crippen LogP contribution is 2.35. The Labute approximate surface area is 217 Å². The van der Waals surface area contributed by atoms with Gasteiger partial charge in [0.1, 0.15) is 16.5 Å². The van der Waals surface area contributed by atoms with Crippen LogP contribution in [0.25, 0.3) is 10.2 Å². The number of aryl methyl sites for hydroxylation is 2. The van der Waals surface area contributed by atoms with Crippen molar-refractivity contribution < 1.29 is 4.79 Å². The number of anilines is 2. The van der Waals surface area contributed by atoms with Crippen LogP contribution in [0, 0.1) is 13.8 Å². The molecule has 2 aromatic carbocycles. The highest BCUT2D eigenvalue weighted by molar-refractivity contribution is 7.18. The summed E-state index contributed by atoms with van der Waals surface area (Å²) in [5, 5.41) is 4.21. The van der Waals surface area contributed by atoms with E-state index in [2.05, 4.69) is 74.3 Å². The fourth-order valence-corrected chi connectivity index (χ4v) is 5.68. The molecule has 2 amide bonds. The molecule has 0 unspecified atom stereocenters. The summed E-state index contributed by atoms with van der Waals surface area (Å²) < 4.78 is 0. The Hall–Kier alpha value is -3.45. The molecule has 7 heteroatoms. The van der Waals surface area contributed by atoms with Crippen LogP contribution in [0.4, 0.5) is 16.3 Å². The zero-order valence-corrected chi connectivity index (χ0v) is 22.2. The van der Waals surface area contributed by atoms with Gasteiger partial charge in [0.25, 0.3) is 0 Å². The lowest BCUT2D eigenvalue weighted by molar-refractivity contribution is 0.208. The van der Waals surface area contributed by atoms with Crippen molar-refractivity contribution in [3.8, 4) is 0 Å². The molecule has 0 radical (unpaired) electrons. The Morgan fingerprint density at radius 2 is 1.67 bits per heavy atom. The van der Waals surface area contributed by atoms with Crippen molar-refractivity contribution in [1.29, 1.82) is 0 Å². The summed E-state index contributed by atoms with van der Waals surface area (Å²) in [7, 11) is 0. The maximum absolute atomic E-state index is 12.9. The molecule has 1 N–H and O–H groups in total. The van der Waals surface area contributed by atoms with E-state index in [0.717, 1.165) is 40.6 Å². The van der Waals surface area contributed by atoms with E-state index in [9.17, 15) is 4.79 Å². The van der Waals surface area contributed by atoms with Crippen molar-refractivity contribution in [2.75, 3.05) is 36.4 Å². The molecule has 36 heavy (non-hydrogen) atoms. The van der Waals surface area contributed by atoms with E-state index in [1.165, 1.54) is 21.6 Å². The molecular formula is C29H33N5OS. The van der Waals surface area contributed by atoms with Gasteiger partial charge in [0.05, 0.1) is 5.39 Å². The van der Waals surface area contributed by atoms with Gasteiger partial charge in [-0.1, -0.05) is 56.3 Å². The topological polar surface area (TPSA) is 61.4 Å². The van der Waals surface area contributed by atoms with Crippen LogP contribution >= 0.6 is 11.3 Å². The predicted octanol–water partition coefficient (Wildman–Crippen LogP) is 6.38. The van der Waals surface area contributed by atoms with Crippen molar-refractivity contribution in [2.24, 2.45) is 0 Å². The lowest BCUT2D eigenvalue weighted by Gasteiger charge is -2.35. The van der Waals surface area contributed by atoms with E-state index in [1.54, 1.807) is 11.3 Å². The number of rotatable bonds is 5. The van der Waals surface area contributed by atoms with Crippen molar-refractivity contribution in [3.63, 3.8) is 0 Å². The van der Waals surface area contributed by atoms with E-state index in [-0.39, 0.29) is 6.03 Å². The van der Waals surface area contributed by atoms with Crippen LogP contribution in [-0.4, -0.2) is 47.1 Å². The van der Waals surface area contributed by atoms with Gasteiger partial charge in [-0.3, -0.25) is 0 Å². The lowest BCUT2D eigenvalue weighted by atomic mass is 10.0. The molecule has 0 spiro atoms. The zero-order valence-electron chi connectivity index (χ0n) is 21.4. The highest BCUT2D eigenvalue weighted by atomic mass is 32.1. The average molecular weight is 500 g/mol. The third-order valence-corrected chi connectivity index (χ3v) is 8.06. The standard InChI is InChI=1S/C29H33N5OS/c1-19(2)23-10-12-24(13-11-23)30-29(35)34-16-14-33(15-17-34)27-26-20(3)21(4)36-28(26)32-25(31-27)18-22-8-6-5-7-9-22/h5-13,19H,14-18H2,1-4H3,(H,30,35). The number of thiophene rings is 1. The Bertz CT molecular complexity index is 1360. The number of fused-ring (bicyclic) bond motifs is 1. The number of hydrogen-bond acceptors (Lipinski definition) is 5. The Morgan fingerprint density at radius 1 is 0.972 bits per heavy atom. The second-order valence-electron chi connectivity index (χ2n) is 9.77. The molecule has 0 aliphatic carbocycles. The molecule has 1 aliphatic rings. The van der Waals surface area contributed by atoms with E-state index in [0.29, 0.717) is 25.4 Å². The smallest absolute Gasteiger partial charge is 0.321 e. The number of nitrogens with one attached hydrogen (secondary N) is 1. The van der Waals surface area contributed by atoms with Gasteiger partial charge in [0, 0.05) is 43.2 Å². The fourth-order valence-electron chi connectivity index (χ4n) is 4.63. The number of nitrogens with zero attached hydrogens (tertiary/aromatic N) is 4. The average Bonchev–Trinajstić information content (AvgIpc) is 3.17. The van der Waals surface area contributed by atoms with Crippen LogP contribution in [0.1, 0.15) is 47.2 Å². The first kappa shape index (κ1) is 24.3. The lowest BCUT2D eigenvalue weighted by Crippen LogP contribution is -2.50. The largest absolute Gasteiger partial charge is 0.352 e. The third kappa shape index (κ3) is 5.07. The zero-order chi connectivity index (χ0) is 25.2. The minimum absolute atomic E-state index is 0.0490. The second-order valence-corrected chi connectivity index (χ2v) is 11.0. The van der Waals surface area contributed by atoms with Crippen molar-refractivity contribution in [2.45, 2.75) is 40.0 Å². The first-order chi connectivity index (χ1) is 17.4. The first-order valence-corrected chi connectivity index (χ1v) is 13.4. The summed E-state index contributed by atoms with van der Waals surface area (Å²) in [6.07, 6.45) is 0.706. The maximum atomic E-state index is 12.9. The number of amides is 2. The van der Waals surface area contributed by atoms with Crippen molar-refractivity contribution in [3.05, 3.63) is 82.0 Å². The van der Waals surface area contributed by atoms with Gasteiger partial charge in [-0.15, -0.1) is 11.3 Å². The van der Waals surface area contributed by atoms with Crippen LogP contribution in [0.15, 0.2) is 54.6 Å². The molecular weight excluding hydrogens is 466 g/mol. The van der Waals surface area contributed by atoms with E-state index in [4.69, 9.17) is 9.97 Å². The van der Waals surface area contributed by atoms with Gasteiger partial charge in [-0.05, 0) is 48.6 Å². The van der Waals surface area contributed by atoms with Crippen LogP contribution < -0.4 is 10.2 Å². The Balaban J connectivity index is 1.32. The van der Waals surface area contributed by atoms with Gasteiger partial charge >= 0.3 is 6.03 Å². The van der Waals surface area contributed by atoms with E-state index < -0.39 is 0 Å². The summed E-state index contributed by atoms with van der Waals surface area (Å²) in [5.74, 6) is 2.31. The summed E-state index contributed by atoms with van der Waals surface area (Å²) in [6.45, 7) is 11.4. The summed E-state index contributed by atoms with van der Waals surface area (Å²) in [5.41, 5.74) is 4.56. The number of carbonyl (C=O) groups is 1. The normalized spacial score (nSPS) is 14.0. The Morgan fingerprint density at radius 3 is 2.33 bits per heavy atom. The molecule has 0 atom stereocenters. The molecule has 6 nitrogen and oxygen atoms in total. The predicted molar refractivity (Wildman–Crippen MR) is 149 cm³/mol. The molecule has 3 heterocycles. The molecule has 1 saturated heterocycles. The molecule has 2 aromatic heterocycles. The van der Waals surface area contributed by atoms with Gasteiger partial charge < -0.3 is 15.1 Å². The molecule has 1 aliphatic heterocycles. The maximum Gasteiger partial charge on any atom is 0.321 e. The number of urea groups is 1. The molecule has 186 valence electrons. The highest BCUT2D eigenvalue weighted by Gasteiger charge is 2.25. The third-order valence-electron chi connectivity index (χ3n) is 6.96. The van der Waals surface area contributed by atoms with Crippen LogP contribution in [-0.2, 0) is 6.42 Å². The first-order valence-electron chi connectivity index (χ1n) is 12.6. The number of carbonyl (C=O) groups excluding carboxylic acids is 1. The van der Waals surface area contributed by atoms with Crippen molar-refractivity contribution >= 4 is 39.1 Å². The fraction of sp³-hybridized carbons (Fsp3) is 0.345. The molecule has 0 saturated carbocycles.